The Morgan fingerprint density at radius 3 is 2.22 bits per heavy atom. The topological polar surface area (TPSA) is 90.0 Å². The largest absolute Gasteiger partial charge is 0.465 e. The lowest BCUT2D eigenvalue weighted by Crippen LogP contribution is -2.41. The number of fused-ring (bicyclic) bond motifs is 1. The van der Waals surface area contributed by atoms with E-state index in [-0.39, 0.29) is 18.0 Å². The van der Waals surface area contributed by atoms with Crippen LogP contribution in [0.4, 0.5) is 0 Å². The summed E-state index contributed by atoms with van der Waals surface area (Å²) in [6.45, 7) is 0.492. The predicted molar refractivity (Wildman–Crippen MR) is 119 cm³/mol. The van der Waals surface area contributed by atoms with Crippen LogP contribution < -0.4 is 4.74 Å². The highest BCUT2D eigenvalue weighted by Crippen LogP contribution is 2.27. The molecule has 0 atom stereocenters. The molecule has 8 heteroatoms. The summed E-state index contributed by atoms with van der Waals surface area (Å²) in [7, 11) is -2.35. The zero-order valence-electron chi connectivity index (χ0n) is 17.6. The Bertz CT molecular complexity index is 1240. The van der Waals surface area contributed by atoms with Gasteiger partial charge in [-0.3, -0.25) is 4.79 Å². The molecular formula is C24H23NO6S. The number of ether oxygens (including phenoxy) is 2. The summed E-state index contributed by atoms with van der Waals surface area (Å²) >= 11 is 0. The molecule has 1 aliphatic rings. The minimum Gasteiger partial charge on any atom is -0.465 e. The number of benzene rings is 3. The molecule has 166 valence electrons. The van der Waals surface area contributed by atoms with Gasteiger partial charge in [-0.05, 0) is 60.0 Å². The molecule has 7 nitrogen and oxygen atoms in total. The van der Waals surface area contributed by atoms with E-state index < -0.39 is 27.9 Å². The monoisotopic (exact) mass is 453 g/mol. The van der Waals surface area contributed by atoms with Crippen LogP contribution >= 0.6 is 0 Å². The van der Waals surface area contributed by atoms with E-state index in [0.29, 0.717) is 24.2 Å². The van der Waals surface area contributed by atoms with E-state index in [1.807, 2.05) is 24.3 Å². The average Bonchev–Trinajstić information content (AvgIpc) is 2.83. The van der Waals surface area contributed by atoms with E-state index in [2.05, 4.69) is 4.74 Å². The van der Waals surface area contributed by atoms with Crippen molar-refractivity contribution in [2.24, 2.45) is 5.92 Å². The van der Waals surface area contributed by atoms with Crippen LogP contribution in [0.5, 0.6) is 5.75 Å². The Hall–Kier alpha value is -3.23. The third-order valence-corrected chi connectivity index (χ3v) is 7.53. The molecule has 0 radical (unpaired) electrons. The van der Waals surface area contributed by atoms with Gasteiger partial charge >= 0.3 is 11.9 Å². The lowest BCUT2D eigenvalue weighted by atomic mass is 9.98. The molecule has 0 bridgehead atoms. The smallest absolute Gasteiger partial charge is 0.337 e. The van der Waals surface area contributed by atoms with Crippen LogP contribution in [-0.2, 0) is 19.6 Å². The van der Waals surface area contributed by atoms with Crippen LogP contribution in [0.3, 0.4) is 0 Å². The summed E-state index contributed by atoms with van der Waals surface area (Å²) in [6.07, 6.45) is 0.762. The first-order valence-corrected chi connectivity index (χ1v) is 11.7. The summed E-state index contributed by atoms with van der Waals surface area (Å²) in [6, 6.07) is 18.8. The maximum absolute atomic E-state index is 13.1. The fraction of sp³-hybridized carbons (Fsp3) is 0.250. The second kappa shape index (κ2) is 9.10. The number of hydrogen-bond acceptors (Lipinski definition) is 6. The van der Waals surface area contributed by atoms with Gasteiger partial charge in [-0.2, -0.15) is 4.31 Å². The summed E-state index contributed by atoms with van der Waals surface area (Å²) < 4.78 is 37.6. The molecule has 3 aromatic rings. The summed E-state index contributed by atoms with van der Waals surface area (Å²) in [4.78, 5) is 24.3. The Morgan fingerprint density at radius 1 is 0.906 bits per heavy atom. The van der Waals surface area contributed by atoms with Crippen molar-refractivity contribution >= 4 is 32.7 Å². The molecule has 0 aliphatic carbocycles. The fourth-order valence-corrected chi connectivity index (χ4v) is 5.29. The minimum atomic E-state index is -3.64. The molecular weight excluding hydrogens is 430 g/mol. The minimum absolute atomic E-state index is 0.246. The molecule has 0 saturated carbocycles. The van der Waals surface area contributed by atoms with Crippen LogP contribution in [0.1, 0.15) is 23.2 Å². The van der Waals surface area contributed by atoms with Crippen molar-refractivity contribution < 1.29 is 27.5 Å². The molecule has 0 unspecified atom stereocenters. The molecule has 4 rings (SSSR count). The number of carbonyl (C=O) groups is 2. The Kier molecular flexibility index (Phi) is 6.25. The Balaban J connectivity index is 1.38. The van der Waals surface area contributed by atoms with Crippen LogP contribution in [0.15, 0.2) is 71.6 Å². The van der Waals surface area contributed by atoms with Gasteiger partial charge in [-0.1, -0.05) is 30.3 Å². The van der Waals surface area contributed by atoms with E-state index in [4.69, 9.17) is 4.74 Å². The molecule has 1 fully saturated rings. The van der Waals surface area contributed by atoms with Gasteiger partial charge < -0.3 is 9.47 Å². The lowest BCUT2D eigenvalue weighted by Gasteiger charge is -2.30. The van der Waals surface area contributed by atoms with Crippen LogP contribution in [0, 0.1) is 5.92 Å². The van der Waals surface area contributed by atoms with Crippen LogP contribution in [-0.4, -0.2) is 44.9 Å². The highest BCUT2D eigenvalue weighted by Gasteiger charge is 2.33. The summed E-state index contributed by atoms with van der Waals surface area (Å²) in [5.41, 5.74) is 0.361. The molecule has 0 aromatic heterocycles. The SMILES string of the molecule is COC(=O)c1ccc(OC(=O)C2CCN(S(=O)(=O)c3ccc4ccccc4c3)CC2)cc1. The van der Waals surface area contributed by atoms with Crippen LogP contribution in [0.2, 0.25) is 0 Å². The maximum Gasteiger partial charge on any atom is 0.337 e. The number of sulfonamides is 1. The molecule has 0 N–H and O–H groups in total. The molecule has 1 aliphatic heterocycles. The Morgan fingerprint density at radius 2 is 1.56 bits per heavy atom. The lowest BCUT2D eigenvalue weighted by molar-refractivity contribution is -0.140. The van der Waals surface area contributed by atoms with Gasteiger partial charge in [0, 0.05) is 13.1 Å². The van der Waals surface area contributed by atoms with Gasteiger partial charge in [0.1, 0.15) is 5.75 Å². The van der Waals surface area contributed by atoms with Gasteiger partial charge in [-0.25, -0.2) is 13.2 Å². The van der Waals surface area contributed by atoms with E-state index in [1.165, 1.54) is 35.7 Å². The first kappa shape index (κ1) is 22.0. The van der Waals surface area contributed by atoms with Crippen molar-refractivity contribution in [2.75, 3.05) is 20.2 Å². The number of hydrogen-bond donors (Lipinski definition) is 0. The van der Waals surface area contributed by atoms with E-state index in [0.717, 1.165) is 10.8 Å². The average molecular weight is 454 g/mol. The van der Waals surface area contributed by atoms with Gasteiger partial charge in [0.2, 0.25) is 10.0 Å². The number of nitrogens with zero attached hydrogens (tertiary/aromatic N) is 1. The second-order valence-electron chi connectivity index (χ2n) is 7.62. The summed E-state index contributed by atoms with van der Waals surface area (Å²) in [5, 5.41) is 1.85. The molecule has 1 saturated heterocycles. The number of esters is 2. The van der Waals surface area contributed by atoms with Crippen LogP contribution in [0.25, 0.3) is 10.8 Å². The molecule has 0 spiro atoms. The van der Waals surface area contributed by atoms with Crippen molar-refractivity contribution in [3.63, 3.8) is 0 Å². The quantitative estimate of drug-likeness (QED) is 0.433. The third-order valence-electron chi connectivity index (χ3n) is 5.64. The molecule has 3 aromatic carbocycles. The first-order chi connectivity index (χ1) is 15.4. The van der Waals surface area contributed by atoms with Gasteiger partial charge in [0.15, 0.2) is 0 Å². The van der Waals surface area contributed by atoms with Crippen molar-refractivity contribution in [1.82, 2.24) is 4.31 Å². The predicted octanol–water partition coefficient (Wildman–Crippen LogP) is 3.63. The molecule has 32 heavy (non-hydrogen) atoms. The maximum atomic E-state index is 13.1. The van der Waals surface area contributed by atoms with E-state index in [1.54, 1.807) is 18.2 Å². The number of methoxy groups -OCH3 is 1. The van der Waals surface area contributed by atoms with Crippen molar-refractivity contribution in [2.45, 2.75) is 17.7 Å². The number of carbonyl (C=O) groups excluding carboxylic acids is 2. The first-order valence-electron chi connectivity index (χ1n) is 10.3. The standard InChI is InChI=1S/C24H23NO6S/c1-30-23(26)18-6-9-21(10-7-18)31-24(27)19-12-14-25(15-13-19)32(28,29)22-11-8-17-4-2-3-5-20(17)16-22/h2-11,16,19H,12-15H2,1H3. The number of rotatable bonds is 5. The highest BCUT2D eigenvalue weighted by molar-refractivity contribution is 7.89. The zero-order valence-corrected chi connectivity index (χ0v) is 18.4. The van der Waals surface area contributed by atoms with E-state index in [9.17, 15) is 18.0 Å². The Labute approximate surface area is 186 Å². The highest BCUT2D eigenvalue weighted by atomic mass is 32.2. The zero-order chi connectivity index (χ0) is 22.7. The third kappa shape index (κ3) is 4.51. The van der Waals surface area contributed by atoms with Crippen molar-refractivity contribution in [1.29, 1.82) is 0 Å². The van der Waals surface area contributed by atoms with Gasteiger partial charge in [0.25, 0.3) is 0 Å². The fourth-order valence-electron chi connectivity index (χ4n) is 3.79. The second-order valence-corrected chi connectivity index (χ2v) is 9.56. The summed E-state index contributed by atoms with van der Waals surface area (Å²) in [5.74, 6) is -0.936. The molecule has 1 heterocycles. The normalized spacial score (nSPS) is 15.4. The van der Waals surface area contributed by atoms with Gasteiger partial charge in [-0.15, -0.1) is 0 Å². The molecule has 0 amide bonds. The van der Waals surface area contributed by atoms with Crippen molar-refractivity contribution in [3.8, 4) is 5.75 Å². The van der Waals surface area contributed by atoms with Gasteiger partial charge in [0.05, 0.1) is 23.5 Å². The number of piperidine rings is 1. The van der Waals surface area contributed by atoms with Crippen molar-refractivity contribution in [3.05, 3.63) is 72.3 Å². The van der Waals surface area contributed by atoms with E-state index >= 15 is 0 Å².